The Morgan fingerprint density at radius 3 is 1.75 bits per heavy atom. The molecule has 0 unspecified atom stereocenters. The van der Waals surface area contributed by atoms with E-state index in [1.807, 2.05) is 0 Å². The van der Waals surface area contributed by atoms with Gasteiger partial charge in [0, 0.05) is 6.42 Å². The smallest absolute Gasteiger partial charge is 0.335 e. The zero-order valence-electron chi connectivity index (χ0n) is 12.4. The van der Waals surface area contributed by atoms with Crippen LogP contribution < -0.4 is 0 Å². The highest BCUT2D eigenvalue weighted by atomic mass is 16.4. The summed E-state index contributed by atoms with van der Waals surface area (Å²) in [4.78, 5) is 20.5. The highest BCUT2D eigenvalue weighted by molar-refractivity contribution is 5.88. The zero-order chi connectivity index (χ0) is 18.3. The van der Waals surface area contributed by atoms with Crippen LogP contribution in [-0.4, -0.2) is 42.6 Å². The van der Waals surface area contributed by atoms with Gasteiger partial charge in [0.1, 0.15) is 0 Å². The van der Waals surface area contributed by atoms with Gasteiger partial charge in [0.25, 0.3) is 0 Å². The minimum Gasteiger partial charge on any atom is -0.504 e. The average Bonchev–Trinajstić information content (AvgIpc) is 2.51. The van der Waals surface area contributed by atoms with Gasteiger partial charge in [0.05, 0.1) is 5.56 Å². The van der Waals surface area contributed by atoms with Crippen LogP contribution in [-0.2, 0) is 11.2 Å². The Morgan fingerprint density at radius 2 is 1.29 bits per heavy atom. The topological polar surface area (TPSA) is 156 Å². The lowest BCUT2D eigenvalue weighted by Crippen LogP contribution is -1.96. The number of aryl methyl sites for hydroxylation is 1. The van der Waals surface area contributed by atoms with Gasteiger partial charge in [-0.2, -0.15) is 0 Å². The number of carboxylic acids is 2. The summed E-state index contributed by atoms with van der Waals surface area (Å²) in [6.45, 7) is 0. The number of aromatic carboxylic acids is 1. The van der Waals surface area contributed by atoms with E-state index < -0.39 is 17.7 Å². The predicted molar refractivity (Wildman–Crippen MR) is 82.5 cm³/mol. The number of carboxylic acid groups (broad SMARTS) is 2. The van der Waals surface area contributed by atoms with Crippen LogP contribution in [0.1, 0.15) is 22.3 Å². The van der Waals surface area contributed by atoms with Crippen LogP contribution in [0.3, 0.4) is 0 Å². The fourth-order valence-electron chi connectivity index (χ4n) is 1.63. The Hall–Kier alpha value is -3.42. The van der Waals surface area contributed by atoms with Gasteiger partial charge in [-0.25, -0.2) is 4.79 Å². The molecule has 0 spiro atoms. The van der Waals surface area contributed by atoms with Gasteiger partial charge < -0.3 is 30.6 Å². The van der Waals surface area contributed by atoms with Crippen molar-refractivity contribution in [2.24, 2.45) is 0 Å². The summed E-state index contributed by atoms with van der Waals surface area (Å²) in [5.41, 5.74) is 0.637. The fraction of sp³-hybridized carbons (Fsp3) is 0.125. The molecular weight excluding hydrogens is 320 g/mol. The van der Waals surface area contributed by atoms with Crippen molar-refractivity contribution in [3.05, 3.63) is 47.5 Å². The molecule has 128 valence electrons. The van der Waals surface area contributed by atoms with Gasteiger partial charge in [-0.15, -0.1) is 0 Å². The molecule has 0 fully saturated rings. The number of aliphatic carboxylic acids is 1. The highest BCUT2D eigenvalue weighted by Gasteiger charge is 2.05. The summed E-state index contributed by atoms with van der Waals surface area (Å²) in [6.07, 6.45) is 0.368. The molecule has 0 aliphatic rings. The van der Waals surface area contributed by atoms with E-state index in [-0.39, 0.29) is 29.2 Å². The van der Waals surface area contributed by atoms with Crippen LogP contribution in [0.15, 0.2) is 36.4 Å². The monoisotopic (exact) mass is 336 g/mol. The molecule has 0 radical (unpaired) electrons. The SMILES string of the molecule is O=C(O)CCc1ccc(O)c(O)c1.O=C(O)c1ccc(O)c(O)c1. The molecule has 0 bridgehead atoms. The minimum absolute atomic E-state index is 0.0181. The third-order valence-electron chi connectivity index (χ3n) is 2.89. The lowest BCUT2D eigenvalue weighted by molar-refractivity contribution is -0.136. The molecule has 0 amide bonds. The second kappa shape index (κ2) is 8.28. The number of carbonyl (C=O) groups is 2. The second-order valence-corrected chi connectivity index (χ2v) is 4.73. The van der Waals surface area contributed by atoms with Crippen LogP contribution in [0.2, 0.25) is 0 Å². The summed E-state index contributed by atoms with van der Waals surface area (Å²) >= 11 is 0. The molecule has 6 N–H and O–H groups in total. The van der Waals surface area contributed by atoms with Gasteiger partial charge in [-0.3, -0.25) is 4.79 Å². The predicted octanol–water partition coefficient (Wildman–Crippen LogP) is 1.91. The van der Waals surface area contributed by atoms with E-state index >= 15 is 0 Å². The van der Waals surface area contributed by atoms with Crippen molar-refractivity contribution in [2.75, 3.05) is 0 Å². The summed E-state index contributed by atoms with van der Waals surface area (Å²) in [5.74, 6) is -3.19. The van der Waals surface area contributed by atoms with E-state index in [1.165, 1.54) is 18.2 Å². The number of hydrogen-bond acceptors (Lipinski definition) is 6. The Morgan fingerprint density at radius 1 is 0.750 bits per heavy atom. The Kier molecular flexibility index (Phi) is 6.42. The molecular formula is C16H16O8. The largest absolute Gasteiger partial charge is 0.504 e. The van der Waals surface area contributed by atoms with E-state index in [9.17, 15) is 9.59 Å². The first-order valence-corrected chi connectivity index (χ1v) is 6.68. The molecule has 0 saturated heterocycles. The first kappa shape index (κ1) is 18.6. The summed E-state index contributed by atoms with van der Waals surface area (Å²) < 4.78 is 0. The van der Waals surface area contributed by atoms with Gasteiger partial charge in [0.2, 0.25) is 0 Å². The zero-order valence-corrected chi connectivity index (χ0v) is 12.4. The van der Waals surface area contributed by atoms with Crippen LogP contribution in [0.4, 0.5) is 0 Å². The lowest BCUT2D eigenvalue weighted by Gasteiger charge is -2.01. The van der Waals surface area contributed by atoms with Crippen molar-refractivity contribution in [3.63, 3.8) is 0 Å². The number of phenols is 4. The molecule has 2 aromatic carbocycles. The molecule has 8 nitrogen and oxygen atoms in total. The van der Waals surface area contributed by atoms with Gasteiger partial charge in [-0.05, 0) is 42.3 Å². The van der Waals surface area contributed by atoms with Gasteiger partial charge in [-0.1, -0.05) is 6.07 Å². The molecule has 0 atom stereocenters. The minimum atomic E-state index is -1.14. The maximum Gasteiger partial charge on any atom is 0.335 e. The van der Waals surface area contributed by atoms with E-state index in [2.05, 4.69) is 0 Å². The molecule has 0 aliphatic heterocycles. The van der Waals surface area contributed by atoms with Crippen LogP contribution in [0, 0.1) is 0 Å². The molecule has 24 heavy (non-hydrogen) atoms. The fourth-order valence-corrected chi connectivity index (χ4v) is 1.63. The Labute approximate surface area is 136 Å². The van der Waals surface area contributed by atoms with Crippen LogP contribution in [0.25, 0.3) is 0 Å². The molecule has 0 aliphatic carbocycles. The maximum atomic E-state index is 10.3. The number of phenolic OH excluding ortho intramolecular Hbond substituents is 4. The van der Waals surface area contributed by atoms with Crippen molar-refractivity contribution in [2.45, 2.75) is 12.8 Å². The average molecular weight is 336 g/mol. The number of aromatic hydroxyl groups is 4. The number of benzene rings is 2. The van der Waals surface area contributed by atoms with Crippen molar-refractivity contribution < 1.29 is 40.2 Å². The summed E-state index contributed by atoms with van der Waals surface area (Å²) in [7, 11) is 0. The highest BCUT2D eigenvalue weighted by Crippen LogP contribution is 2.25. The second-order valence-electron chi connectivity index (χ2n) is 4.73. The van der Waals surface area contributed by atoms with E-state index in [0.717, 1.165) is 12.1 Å². The lowest BCUT2D eigenvalue weighted by atomic mass is 10.1. The third kappa shape index (κ3) is 5.76. The van der Waals surface area contributed by atoms with Crippen LogP contribution >= 0.6 is 0 Å². The maximum absolute atomic E-state index is 10.3. The van der Waals surface area contributed by atoms with E-state index in [1.54, 1.807) is 6.07 Å². The van der Waals surface area contributed by atoms with Crippen molar-refractivity contribution >= 4 is 11.9 Å². The van der Waals surface area contributed by atoms with Gasteiger partial charge >= 0.3 is 11.9 Å². The normalized spacial score (nSPS) is 9.67. The standard InChI is InChI=1S/C9H10O4.C7H6O4/c10-7-3-1-6(5-8(7)11)2-4-9(12)13;8-5-2-1-4(7(10)11)3-6(5)9/h1,3,5,10-11H,2,4H2,(H,12,13);1-3,8-9H,(H,10,11). The molecule has 2 rings (SSSR count). The van der Waals surface area contributed by atoms with Crippen molar-refractivity contribution in [1.82, 2.24) is 0 Å². The summed E-state index contributed by atoms with van der Waals surface area (Å²) in [6, 6.07) is 7.59. The molecule has 0 heterocycles. The number of rotatable bonds is 4. The molecule has 8 heteroatoms. The van der Waals surface area contributed by atoms with Gasteiger partial charge in [0.15, 0.2) is 23.0 Å². The van der Waals surface area contributed by atoms with Crippen molar-refractivity contribution in [1.29, 1.82) is 0 Å². The van der Waals surface area contributed by atoms with Crippen LogP contribution in [0.5, 0.6) is 23.0 Å². The first-order chi connectivity index (χ1) is 11.2. The van der Waals surface area contributed by atoms with Crippen molar-refractivity contribution in [3.8, 4) is 23.0 Å². The van der Waals surface area contributed by atoms with E-state index in [4.69, 9.17) is 30.6 Å². The Balaban J connectivity index is 0.000000243. The molecule has 2 aromatic rings. The molecule has 0 saturated carbocycles. The number of hydrogen-bond donors (Lipinski definition) is 6. The third-order valence-corrected chi connectivity index (χ3v) is 2.89. The Bertz CT molecular complexity index is 739. The quantitative estimate of drug-likeness (QED) is 0.462. The molecule has 0 aromatic heterocycles. The van der Waals surface area contributed by atoms with E-state index in [0.29, 0.717) is 12.0 Å². The first-order valence-electron chi connectivity index (χ1n) is 6.68. The summed E-state index contributed by atoms with van der Waals surface area (Å²) in [5, 5.41) is 52.4.